The number of hydrogen-bond acceptors (Lipinski definition) is 5. The van der Waals surface area contributed by atoms with Crippen molar-refractivity contribution in [2.75, 3.05) is 13.1 Å². The maximum atomic E-state index is 8.87. The molecule has 2 heterocycles. The number of aromatic nitrogens is 3. The van der Waals surface area contributed by atoms with Crippen LogP contribution in [0.15, 0.2) is 36.9 Å². The van der Waals surface area contributed by atoms with Gasteiger partial charge in [-0.05, 0) is 11.6 Å². The quantitative estimate of drug-likeness (QED) is 0.826. The Balaban J connectivity index is 2.19. The van der Waals surface area contributed by atoms with Gasteiger partial charge in [0.05, 0.1) is 18.3 Å². The van der Waals surface area contributed by atoms with Crippen LogP contribution < -0.4 is 5.73 Å². The van der Waals surface area contributed by atoms with Gasteiger partial charge in [-0.25, -0.2) is 0 Å². The molecule has 0 saturated carbocycles. The Morgan fingerprint density at radius 2 is 2.33 bits per heavy atom. The Labute approximate surface area is 124 Å². The summed E-state index contributed by atoms with van der Waals surface area (Å²) in [5, 5.41) is 13.1. The lowest BCUT2D eigenvalue weighted by Crippen LogP contribution is -2.34. The molecule has 0 spiro atoms. The molecule has 0 aromatic carbocycles. The molecule has 21 heavy (non-hydrogen) atoms. The number of rotatable bonds is 7. The Morgan fingerprint density at radius 3 is 2.90 bits per heavy atom. The zero-order chi connectivity index (χ0) is 15.1. The van der Waals surface area contributed by atoms with Gasteiger partial charge in [0.1, 0.15) is 0 Å². The molecule has 1 atom stereocenters. The number of pyridine rings is 1. The normalized spacial score (nSPS) is 12.3. The molecule has 6 heteroatoms. The first-order valence-electron chi connectivity index (χ1n) is 6.93. The van der Waals surface area contributed by atoms with Gasteiger partial charge in [-0.2, -0.15) is 10.4 Å². The van der Waals surface area contributed by atoms with E-state index in [4.69, 9.17) is 11.0 Å². The highest BCUT2D eigenvalue weighted by Gasteiger charge is 2.20. The molecule has 0 bridgehead atoms. The van der Waals surface area contributed by atoms with Gasteiger partial charge in [-0.1, -0.05) is 6.07 Å². The highest BCUT2D eigenvalue weighted by molar-refractivity contribution is 5.14. The summed E-state index contributed by atoms with van der Waals surface area (Å²) in [6.07, 6.45) is 7.87. The van der Waals surface area contributed by atoms with Crippen LogP contribution in [-0.4, -0.2) is 32.8 Å². The second-order valence-corrected chi connectivity index (χ2v) is 4.94. The molecule has 0 fully saturated rings. The van der Waals surface area contributed by atoms with E-state index in [0.717, 1.165) is 11.1 Å². The van der Waals surface area contributed by atoms with Gasteiger partial charge < -0.3 is 5.73 Å². The predicted molar refractivity (Wildman–Crippen MR) is 79.9 cm³/mol. The molecule has 2 N–H and O–H groups in total. The molecule has 0 saturated heterocycles. The van der Waals surface area contributed by atoms with Gasteiger partial charge in [-0.15, -0.1) is 0 Å². The van der Waals surface area contributed by atoms with Crippen molar-refractivity contribution in [3.63, 3.8) is 0 Å². The summed E-state index contributed by atoms with van der Waals surface area (Å²) < 4.78 is 1.77. The van der Waals surface area contributed by atoms with Crippen molar-refractivity contribution >= 4 is 0 Å². The minimum atomic E-state index is 0.0484. The number of nitrogens with two attached hydrogens (primary N) is 1. The van der Waals surface area contributed by atoms with Gasteiger partial charge in [0.15, 0.2) is 0 Å². The third-order valence-corrected chi connectivity index (χ3v) is 3.39. The molecule has 6 nitrogen and oxygen atoms in total. The van der Waals surface area contributed by atoms with Gasteiger partial charge in [0.25, 0.3) is 0 Å². The van der Waals surface area contributed by atoms with E-state index in [2.05, 4.69) is 21.1 Å². The number of hydrogen-bond donors (Lipinski definition) is 1. The van der Waals surface area contributed by atoms with Crippen LogP contribution in [0.3, 0.4) is 0 Å². The first kappa shape index (κ1) is 15.2. The Kier molecular flexibility index (Phi) is 5.43. The number of nitrogens with zero attached hydrogens (tertiary/aromatic N) is 5. The maximum Gasteiger partial charge on any atom is 0.0635 e. The lowest BCUT2D eigenvalue weighted by atomic mass is 10.1. The molecule has 2 rings (SSSR count). The Bertz CT molecular complexity index is 586. The molecule has 110 valence electrons. The van der Waals surface area contributed by atoms with Crippen LogP contribution in [0.4, 0.5) is 0 Å². The first-order valence-corrected chi connectivity index (χ1v) is 6.93. The summed E-state index contributed by atoms with van der Waals surface area (Å²) in [5.41, 5.74) is 8.14. The fourth-order valence-electron chi connectivity index (χ4n) is 2.37. The summed E-state index contributed by atoms with van der Waals surface area (Å²) in [7, 11) is 1.89. The molecule has 0 aliphatic heterocycles. The van der Waals surface area contributed by atoms with Crippen molar-refractivity contribution in [1.82, 2.24) is 19.7 Å². The molecular weight excluding hydrogens is 264 g/mol. The lowest BCUT2D eigenvalue weighted by molar-refractivity contribution is 0.196. The molecule has 2 aromatic rings. The summed E-state index contributed by atoms with van der Waals surface area (Å²) in [6, 6.07) is 6.20. The molecule has 0 radical (unpaired) electrons. The fraction of sp³-hybridized carbons (Fsp3) is 0.400. The van der Waals surface area contributed by atoms with E-state index < -0.39 is 0 Å². The SMILES string of the molecule is Cn1cc(C(CN)N(CCC#N)Cc2cccnc2)cn1. The standard InChI is InChI=1S/C15H20N6/c1-20-12-14(10-19-20)15(8-17)21(7-3-5-16)11-13-4-2-6-18-9-13/h2,4,6,9-10,12,15H,3,7-8,11,17H2,1H3. The largest absolute Gasteiger partial charge is 0.329 e. The topological polar surface area (TPSA) is 83.8 Å². The molecule has 0 aliphatic rings. The van der Waals surface area contributed by atoms with E-state index in [-0.39, 0.29) is 6.04 Å². The fourth-order valence-corrected chi connectivity index (χ4v) is 2.37. The highest BCUT2D eigenvalue weighted by Crippen LogP contribution is 2.21. The van der Waals surface area contributed by atoms with Crippen LogP contribution in [0.25, 0.3) is 0 Å². The molecule has 0 aliphatic carbocycles. The van der Waals surface area contributed by atoms with Crippen LogP contribution >= 0.6 is 0 Å². The Hall–Kier alpha value is -2.23. The van der Waals surface area contributed by atoms with Crippen molar-refractivity contribution in [2.24, 2.45) is 12.8 Å². The van der Waals surface area contributed by atoms with Crippen molar-refractivity contribution < 1.29 is 0 Å². The van der Waals surface area contributed by atoms with E-state index in [9.17, 15) is 0 Å². The Morgan fingerprint density at radius 1 is 1.48 bits per heavy atom. The summed E-state index contributed by atoms with van der Waals surface area (Å²) in [4.78, 5) is 6.35. The summed E-state index contributed by atoms with van der Waals surface area (Å²) >= 11 is 0. The van der Waals surface area contributed by atoms with Crippen LogP contribution in [0.5, 0.6) is 0 Å². The first-order chi connectivity index (χ1) is 10.2. The minimum absolute atomic E-state index is 0.0484. The van der Waals surface area contributed by atoms with E-state index >= 15 is 0 Å². The predicted octanol–water partition coefficient (Wildman–Crippen LogP) is 1.23. The number of aryl methyl sites for hydroxylation is 1. The van der Waals surface area contributed by atoms with E-state index in [1.54, 1.807) is 10.9 Å². The van der Waals surface area contributed by atoms with Crippen molar-refractivity contribution in [3.05, 3.63) is 48.0 Å². The van der Waals surface area contributed by atoms with Crippen LogP contribution in [0.2, 0.25) is 0 Å². The van der Waals surface area contributed by atoms with E-state index in [1.807, 2.05) is 37.8 Å². The molecule has 1 unspecified atom stereocenters. The van der Waals surface area contributed by atoms with Crippen LogP contribution in [0.1, 0.15) is 23.6 Å². The minimum Gasteiger partial charge on any atom is -0.329 e. The summed E-state index contributed by atoms with van der Waals surface area (Å²) in [6.45, 7) is 1.87. The third-order valence-electron chi connectivity index (χ3n) is 3.39. The summed E-state index contributed by atoms with van der Waals surface area (Å²) in [5.74, 6) is 0. The van der Waals surface area contributed by atoms with Gasteiger partial charge in [0, 0.05) is 57.3 Å². The van der Waals surface area contributed by atoms with Crippen molar-refractivity contribution in [1.29, 1.82) is 5.26 Å². The van der Waals surface area contributed by atoms with Crippen molar-refractivity contribution in [2.45, 2.75) is 19.0 Å². The molecular formula is C15H20N6. The highest BCUT2D eigenvalue weighted by atomic mass is 15.3. The van der Waals surface area contributed by atoms with Gasteiger partial charge in [0.2, 0.25) is 0 Å². The number of nitriles is 1. The van der Waals surface area contributed by atoms with Crippen molar-refractivity contribution in [3.8, 4) is 6.07 Å². The lowest BCUT2D eigenvalue weighted by Gasteiger charge is -2.29. The zero-order valence-electron chi connectivity index (χ0n) is 12.2. The smallest absolute Gasteiger partial charge is 0.0635 e. The second-order valence-electron chi connectivity index (χ2n) is 4.94. The van der Waals surface area contributed by atoms with Crippen LogP contribution in [-0.2, 0) is 13.6 Å². The third kappa shape index (κ3) is 4.12. The zero-order valence-corrected chi connectivity index (χ0v) is 12.2. The second kappa shape index (κ2) is 7.53. The van der Waals surface area contributed by atoms with E-state index in [1.165, 1.54) is 0 Å². The molecule has 2 aromatic heterocycles. The average molecular weight is 284 g/mol. The molecule has 0 amide bonds. The van der Waals surface area contributed by atoms with Gasteiger partial charge >= 0.3 is 0 Å². The average Bonchev–Trinajstić information content (AvgIpc) is 2.92. The maximum absolute atomic E-state index is 8.87. The monoisotopic (exact) mass is 284 g/mol. The van der Waals surface area contributed by atoms with E-state index in [0.29, 0.717) is 26.1 Å². The van der Waals surface area contributed by atoms with Gasteiger partial charge in [-0.3, -0.25) is 14.6 Å². The van der Waals surface area contributed by atoms with Crippen LogP contribution in [0, 0.1) is 11.3 Å².